The quantitative estimate of drug-likeness (QED) is 0.728. The highest BCUT2D eigenvalue weighted by atomic mass is 16.3. The van der Waals surface area contributed by atoms with Gasteiger partial charge < -0.3 is 19.1 Å². The van der Waals surface area contributed by atoms with Crippen molar-refractivity contribution in [3.05, 3.63) is 77.6 Å². The minimum atomic E-state index is -0.180. The van der Waals surface area contributed by atoms with Gasteiger partial charge in [0.15, 0.2) is 0 Å². The van der Waals surface area contributed by atoms with Gasteiger partial charge in [0.05, 0.1) is 25.6 Å². The Labute approximate surface area is 151 Å². The summed E-state index contributed by atoms with van der Waals surface area (Å²) in [5, 5.41) is 2.75. The van der Waals surface area contributed by atoms with Crippen molar-refractivity contribution in [1.29, 1.82) is 0 Å². The molecule has 2 amide bonds. The average molecular weight is 352 g/mol. The number of aryl methyl sites for hydroxylation is 1. The predicted molar refractivity (Wildman–Crippen MR) is 96.5 cm³/mol. The molecule has 2 heterocycles. The predicted octanol–water partition coefficient (Wildman–Crippen LogP) is 3.98. The van der Waals surface area contributed by atoms with E-state index in [1.807, 2.05) is 25.1 Å². The van der Waals surface area contributed by atoms with Gasteiger partial charge in [-0.25, -0.2) is 0 Å². The molecule has 0 unspecified atom stereocenters. The molecule has 3 aromatic rings. The number of carbonyl (C=O) groups excluding carboxylic acids is 2. The number of hydrogen-bond donors (Lipinski definition) is 1. The van der Waals surface area contributed by atoms with Crippen molar-refractivity contribution in [1.82, 2.24) is 4.90 Å². The van der Waals surface area contributed by atoms with Crippen molar-refractivity contribution in [3.8, 4) is 0 Å². The largest absolute Gasteiger partial charge is 0.467 e. The Morgan fingerprint density at radius 3 is 2.12 bits per heavy atom. The van der Waals surface area contributed by atoms with Crippen LogP contribution in [0.15, 0.2) is 63.8 Å². The van der Waals surface area contributed by atoms with E-state index in [9.17, 15) is 9.59 Å². The van der Waals surface area contributed by atoms with Crippen LogP contribution >= 0.6 is 0 Å². The fourth-order valence-corrected chi connectivity index (χ4v) is 2.64. The highest BCUT2D eigenvalue weighted by Gasteiger charge is 2.20. The average Bonchev–Trinajstić information content (AvgIpc) is 3.29. The third-order valence-electron chi connectivity index (χ3n) is 3.94. The van der Waals surface area contributed by atoms with Crippen LogP contribution in [0.2, 0.25) is 0 Å². The van der Waals surface area contributed by atoms with Crippen molar-refractivity contribution < 1.29 is 18.4 Å². The molecule has 0 aliphatic heterocycles. The van der Waals surface area contributed by atoms with E-state index in [4.69, 9.17) is 8.83 Å². The van der Waals surface area contributed by atoms with Gasteiger partial charge in [-0.15, -0.1) is 0 Å². The number of nitrogens with one attached hydrogen (secondary N) is 1. The minimum absolute atomic E-state index is 0.176. The van der Waals surface area contributed by atoms with Crippen molar-refractivity contribution >= 4 is 17.5 Å². The summed E-state index contributed by atoms with van der Waals surface area (Å²) in [4.78, 5) is 26.1. The molecule has 2 aromatic heterocycles. The van der Waals surface area contributed by atoms with E-state index < -0.39 is 0 Å². The molecule has 0 fully saturated rings. The first-order chi connectivity index (χ1) is 12.5. The zero-order chi connectivity index (χ0) is 18.5. The van der Waals surface area contributed by atoms with Crippen molar-refractivity contribution in [2.75, 3.05) is 5.32 Å². The number of nitrogens with zero attached hydrogens (tertiary/aromatic N) is 1. The summed E-state index contributed by atoms with van der Waals surface area (Å²) in [5.41, 5.74) is 2.00. The molecule has 6 heteroatoms. The van der Waals surface area contributed by atoms with E-state index in [1.165, 1.54) is 6.92 Å². The van der Waals surface area contributed by atoms with Gasteiger partial charge in [-0.1, -0.05) is 6.07 Å². The molecule has 0 aliphatic rings. The smallest absolute Gasteiger partial charge is 0.254 e. The van der Waals surface area contributed by atoms with Gasteiger partial charge in [-0.2, -0.15) is 0 Å². The molecule has 1 N–H and O–H groups in total. The Morgan fingerprint density at radius 1 is 1.00 bits per heavy atom. The number of anilines is 1. The van der Waals surface area contributed by atoms with Crippen LogP contribution in [0.3, 0.4) is 0 Å². The van der Waals surface area contributed by atoms with E-state index in [-0.39, 0.29) is 11.8 Å². The van der Waals surface area contributed by atoms with E-state index in [2.05, 4.69) is 5.32 Å². The van der Waals surface area contributed by atoms with Crippen LogP contribution in [-0.2, 0) is 17.9 Å². The molecule has 0 bridgehead atoms. The van der Waals surface area contributed by atoms with Crippen LogP contribution in [0.5, 0.6) is 0 Å². The van der Waals surface area contributed by atoms with E-state index in [0.29, 0.717) is 35.9 Å². The van der Waals surface area contributed by atoms with Gasteiger partial charge >= 0.3 is 0 Å². The fourth-order valence-electron chi connectivity index (χ4n) is 2.64. The first-order valence-electron chi connectivity index (χ1n) is 8.25. The van der Waals surface area contributed by atoms with Crippen LogP contribution < -0.4 is 5.32 Å². The maximum Gasteiger partial charge on any atom is 0.254 e. The molecule has 0 saturated carbocycles. The second-order valence-corrected chi connectivity index (χ2v) is 6.03. The lowest BCUT2D eigenvalue weighted by molar-refractivity contribution is -0.114. The van der Waals surface area contributed by atoms with Crippen LogP contribution in [-0.4, -0.2) is 16.7 Å². The number of rotatable bonds is 6. The molecule has 26 heavy (non-hydrogen) atoms. The fraction of sp³-hybridized carbons (Fsp3) is 0.200. The van der Waals surface area contributed by atoms with Crippen LogP contribution in [0, 0.1) is 6.92 Å². The van der Waals surface area contributed by atoms with Crippen molar-refractivity contribution in [2.24, 2.45) is 0 Å². The molecular formula is C20H20N2O4. The summed E-state index contributed by atoms with van der Waals surface area (Å²) in [5.74, 6) is 1.00. The second-order valence-electron chi connectivity index (χ2n) is 6.03. The molecule has 0 spiro atoms. The lowest BCUT2D eigenvalue weighted by Gasteiger charge is -2.21. The van der Waals surface area contributed by atoms with Gasteiger partial charge in [0.25, 0.3) is 5.91 Å². The third-order valence-corrected chi connectivity index (χ3v) is 3.94. The van der Waals surface area contributed by atoms with Crippen LogP contribution in [0.1, 0.15) is 34.4 Å². The summed E-state index contributed by atoms with van der Waals surface area (Å²) < 4.78 is 10.8. The highest BCUT2D eigenvalue weighted by molar-refractivity contribution is 5.97. The Hall–Kier alpha value is -3.28. The zero-order valence-corrected chi connectivity index (χ0v) is 14.7. The molecule has 0 atom stereocenters. The molecule has 134 valence electrons. The highest BCUT2D eigenvalue weighted by Crippen LogP contribution is 2.20. The van der Waals surface area contributed by atoms with Gasteiger partial charge in [0.1, 0.15) is 11.5 Å². The van der Waals surface area contributed by atoms with E-state index in [1.54, 1.807) is 41.7 Å². The van der Waals surface area contributed by atoms with Gasteiger partial charge in [0.2, 0.25) is 5.91 Å². The summed E-state index contributed by atoms with van der Waals surface area (Å²) in [6.45, 7) is 3.95. The number of hydrogen-bond acceptors (Lipinski definition) is 4. The number of amides is 2. The maximum absolute atomic E-state index is 13.1. The maximum atomic E-state index is 13.1. The molecule has 0 radical (unpaired) electrons. The number of benzene rings is 1. The van der Waals surface area contributed by atoms with Gasteiger partial charge in [-0.05, 0) is 48.9 Å². The first kappa shape index (κ1) is 17.5. The topological polar surface area (TPSA) is 75.7 Å². The standard InChI is InChI=1S/C20H20N2O4/c1-14-7-8-16(11-19(14)21-15(2)23)20(24)22(12-17-5-3-9-25-17)13-18-6-4-10-26-18/h3-11H,12-13H2,1-2H3,(H,21,23). The summed E-state index contributed by atoms with van der Waals surface area (Å²) in [6.07, 6.45) is 3.15. The summed E-state index contributed by atoms with van der Waals surface area (Å²) in [7, 11) is 0. The Kier molecular flexibility index (Phi) is 5.22. The van der Waals surface area contributed by atoms with Crippen molar-refractivity contribution in [3.63, 3.8) is 0 Å². The van der Waals surface area contributed by atoms with Gasteiger partial charge in [0, 0.05) is 18.2 Å². The molecule has 3 rings (SSSR count). The summed E-state index contributed by atoms with van der Waals surface area (Å²) >= 11 is 0. The SMILES string of the molecule is CC(=O)Nc1cc(C(=O)N(Cc2ccco2)Cc2ccco2)ccc1C. The molecular weight excluding hydrogens is 332 g/mol. The van der Waals surface area contributed by atoms with E-state index in [0.717, 1.165) is 5.56 Å². The van der Waals surface area contributed by atoms with Crippen molar-refractivity contribution in [2.45, 2.75) is 26.9 Å². The number of furan rings is 2. The third kappa shape index (κ3) is 4.22. The Bertz CT molecular complexity index is 846. The number of carbonyl (C=O) groups is 2. The van der Waals surface area contributed by atoms with Crippen LogP contribution in [0.25, 0.3) is 0 Å². The Balaban J connectivity index is 1.87. The van der Waals surface area contributed by atoms with Gasteiger partial charge in [-0.3, -0.25) is 9.59 Å². The van der Waals surface area contributed by atoms with Crippen LogP contribution in [0.4, 0.5) is 5.69 Å². The lowest BCUT2D eigenvalue weighted by Crippen LogP contribution is -2.30. The second kappa shape index (κ2) is 7.74. The normalized spacial score (nSPS) is 10.5. The molecule has 6 nitrogen and oxygen atoms in total. The first-order valence-corrected chi connectivity index (χ1v) is 8.25. The Morgan fingerprint density at radius 2 is 1.62 bits per heavy atom. The minimum Gasteiger partial charge on any atom is -0.467 e. The lowest BCUT2D eigenvalue weighted by atomic mass is 10.1. The van der Waals surface area contributed by atoms with E-state index >= 15 is 0 Å². The zero-order valence-electron chi connectivity index (χ0n) is 14.7. The monoisotopic (exact) mass is 352 g/mol. The molecule has 0 saturated heterocycles. The summed E-state index contributed by atoms with van der Waals surface area (Å²) in [6, 6.07) is 12.5. The molecule has 0 aliphatic carbocycles. The molecule has 1 aromatic carbocycles.